The average molecular weight is 262 g/mol. The molecule has 0 spiro atoms. The minimum Gasteiger partial charge on any atom is -0.496 e. The number of hydrogen-bond donors (Lipinski definition) is 1. The van der Waals surface area contributed by atoms with Gasteiger partial charge in [0.25, 0.3) is 0 Å². The fraction of sp³-hybridized carbons (Fsp3) is 0.625. The summed E-state index contributed by atoms with van der Waals surface area (Å²) in [6, 6.07) is 6.78. The van der Waals surface area contributed by atoms with Crippen LogP contribution in [0.2, 0.25) is 0 Å². The smallest absolute Gasteiger partial charge is 0.125 e. The van der Waals surface area contributed by atoms with Gasteiger partial charge in [-0.25, -0.2) is 0 Å². The van der Waals surface area contributed by atoms with Gasteiger partial charge in [0.1, 0.15) is 5.75 Å². The van der Waals surface area contributed by atoms with Gasteiger partial charge in [-0.15, -0.1) is 0 Å². The molecule has 0 aromatic heterocycles. The van der Waals surface area contributed by atoms with Crippen LogP contribution in [0.1, 0.15) is 45.2 Å². The highest BCUT2D eigenvalue weighted by Gasteiger charge is 2.26. The number of ether oxygens (including phenoxy) is 1. The van der Waals surface area contributed by atoms with Crippen molar-refractivity contribution in [1.29, 1.82) is 0 Å². The van der Waals surface area contributed by atoms with Crippen molar-refractivity contribution in [2.75, 3.05) is 18.6 Å². The van der Waals surface area contributed by atoms with E-state index in [0.29, 0.717) is 6.04 Å². The number of anilines is 1. The Bertz CT molecular complexity index is 431. The Morgan fingerprint density at radius 2 is 2.11 bits per heavy atom. The van der Waals surface area contributed by atoms with Crippen LogP contribution < -0.4 is 15.4 Å². The Morgan fingerprint density at radius 1 is 1.37 bits per heavy atom. The van der Waals surface area contributed by atoms with E-state index in [0.717, 1.165) is 23.8 Å². The standard InChI is InChI=1S/C16H26N2O/c1-11-8-9-18(12(2)10-11)14-6-5-7-15(19-4)16(14)13(3)17/h5-7,11-13H,8-10,17H2,1-4H3/t11?,12?,13-/m1/s1. The molecule has 1 aromatic rings. The maximum Gasteiger partial charge on any atom is 0.125 e. The SMILES string of the molecule is COc1cccc(N2CCC(C)CC2C)c1[C@@H](C)N. The molecule has 2 N–H and O–H groups in total. The molecule has 0 radical (unpaired) electrons. The lowest BCUT2D eigenvalue weighted by atomic mass is 9.91. The fourth-order valence-electron chi connectivity index (χ4n) is 3.18. The molecule has 2 unspecified atom stereocenters. The third kappa shape index (κ3) is 2.86. The molecule has 1 saturated heterocycles. The van der Waals surface area contributed by atoms with Crippen molar-refractivity contribution in [2.45, 2.75) is 45.7 Å². The normalized spacial score (nSPS) is 25.2. The third-order valence-electron chi connectivity index (χ3n) is 4.17. The van der Waals surface area contributed by atoms with Crippen molar-refractivity contribution in [1.82, 2.24) is 0 Å². The van der Waals surface area contributed by atoms with Crippen LogP contribution in [-0.2, 0) is 0 Å². The number of hydrogen-bond acceptors (Lipinski definition) is 3. The lowest BCUT2D eigenvalue weighted by molar-refractivity contribution is 0.374. The van der Waals surface area contributed by atoms with Crippen LogP contribution in [0.4, 0.5) is 5.69 Å². The maximum absolute atomic E-state index is 6.16. The summed E-state index contributed by atoms with van der Waals surface area (Å²) >= 11 is 0. The second kappa shape index (κ2) is 5.83. The molecule has 1 fully saturated rings. The molecule has 2 rings (SSSR count). The predicted molar refractivity (Wildman–Crippen MR) is 80.8 cm³/mol. The summed E-state index contributed by atoms with van der Waals surface area (Å²) in [5, 5.41) is 0. The summed E-state index contributed by atoms with van der Waals surface area (Å²) in [6.45, 7) is 7.78. The van der Waals surface area contributed by atoms with Gasteiger partial charge in [0.2, 0.25) is 0 Å². The van der Waals surface area contributed by atoms with Crippen LogP contribution in [0.15, 0.2) is 18.2 Å². The Labute approximate surface area is 116 Å². The molecule has 1 heterocycles. The fourth-order valence-corrected chi connectivity index (χ4v) is 3.18. The molecule has 0 aliphatic carbocycles. The number of nitrogens with zero attached hydrogens (tertiary/aromatic N) is 1. The minimum absolute atomic E-state index is 0.0160. The van der Waals surface area contributed by atoms with E-state index in [1.807, 2.05) is 13.0 Å². The highest BCUT2D eigenvalue weighted by atomic mass is 16.5. The first kappa shape index (κ1) is 14.2. The van der Waals surface area contributed by atoms with Gasteiger partial charge < -0.3 is 15.4 Å². The summed E-state index contributed by atoms with van der Waals surface area (Å²) in [5.41, 5.74) is 8.54. The highest BCUT2D eigenvalue weighted by molar-refractivity contribution is 5.61. The van der Waals surface area contributed by atoms with E-state index in [1.54, 1.807) is 7.11 Å². The Morgan fingerprint density at radius 3 is 2.68 bits per heavy atom. The molecule has 106 valence electrons. The number of methoxy groups -OCH3 is 1. The summed E-state index contributed by atoms with van der Waals surface area (Å²) in [4.78, 5) is 2.49. The molecular weight excluding hydrogens is 236 g/mol. The number of nitrogens with two attached hydrogens (primary N) is 1. The van der Waals surface area contributed by atoms with Crippen LogP contribution in [-0.4, -0.2) is 19.7 Å². The molecular formula is C16H26N2O. The zero-order valence-corrected chi connectivity index (χ0v) is 12.5. The predicted octanol–water partition coefficient (Wildman–Crippen LogP) is 3.34. The lowest BCUT2D eigenvalue weighted by Crippen LogP contribution is -2.41. The van der Waals surface area contributed by atoms with E-state index in [4.69, 9.17) is 10.5 Å². The van der Waals surface area contributed by atoms with E-state index in [-0.39, 0.29) is 6.04 Å². The van der Waals surface area contributed by atoms with Crippen LogP contribution in [0.5, 0.6) is 5.75 Å². The third-order valence-corrected chi connectivity index (χ3v) is 4.17. The maximum atomic E-state index is 6.16. The van der Waals surface area contributed by atoms with Gasteiger partial charge in [-0.1, -0.05) is 13.0 Å². The summed E-state index contributed by atoms with van der Waals surface area (Å²) in [5.74, 6) is 1.72. The summed E-state index contributed by atoms with van der Waals surface area (Å²) in [7, 11) is 1.71. The van der Waals surface area contributed by atoms with Crippen molar-refractivity contribution < 1.29 is 4.74 Å². The molecule has 3 nitrogen and oxygen atoms in total. The Hall–Kier alpha value is -1.22. The van der Waals surface area contributed by atoms with E-state index < -0.39 is 0 Å². The first-order valence-corrected chi connectivity index (χ1v) is 7.23. The Kier molecular flexibility index (Phi) is 4.35. The topological polar surface area (TPSA) is 38.5 Å². The lowest BCUT2D eigenvalue weighted by Gasteiger charge is -2.40. The zero-order valence-electron chi connectivity index (χ0n) is 12.5. The quantitative estimate of drug-likeness (QED) is 0.908. The molecule has 1 aromatic carbocycles. The van der Waals surface area contributed by atoms with Crippen LogP contribution >= 0.6 is 0 Å². The first-order chi connectivity index (χ1) is 9.04. The molecule has 3 atom stereocenters. The number of piperidine rings is 1. The summed E-state index contributed by atoms with van der Waals surface area (Å²) < 4.78 is 5.49. The van der Waals surface area contributed by atoms with Gasteiger partial charge in [-0.05, 0) is 44.7 Å². The first-order valence-electron chi connectivity index (χ1n) is 7.23. The van der Waals surface area contributed by atoms with Gasteiger partial charge in [0.15, 0.2) is 0 Å². The second-order valence-corrected chi connectivity index (χ2v) is 5.85. The Balaban J connectivity index is 2.38. The molecule has 1 aliphatic rings. The van der Waals surface area contributed by atoms with E-state index in [1.165, 1.54) is 18.5 Å². The van der Waals surface area contributed by atoms with Gasteiger partial charge in [0, 0.05) is 29.9 Å². The molecule has 0 amide bonds. The van der Waals surface area contributed by atoms with Gasteiger partial charge in [-0.2, -0.15) is 0 Å². The van der Waals surface area contributed by atoms with Crippen molar-refractivity contribution in [3.05, 3.63) is 23.8 Å². The van der Waals surface area contributed by atoms with E-state index in [9.17, 15) is 0 Å². The van der Waals surface area contributed by atoms with Crippen LogP contribution in [0.25, 0.3) is 0 Å². The second-order valence-electron chi connectivity index (χ2n) is 5.85. The highest BCUT2D eigenvalue weighted by Crippen LogP contribution is 2.37. The number of benzene rings is 1. The van der Waals surface area contributed by atoms with E-state index in [2.05, 4.69) is 30.9 Å². The van der Waals surface area contributed by atoms with Gasteiger partial charge in [-0.3, -0.25) is 0 Å². The van der Waals surface area contributed by atoms with E-state index >= 15 is 0 Å². The largest absolute Gasteiger partial charge is 0.496 e. The molecule has 0 bridgehead atoms. The molecule has 1 aliphatic heterocycles. The van der Waals surface area contributed by atoms with Crippen molar-refractivity contribution in [3.8, 4) is 5.75 Å². The average Bonchev–Trinajstić information content (AvgIpc) is 2.37. The van der Waals surface area contributed by atoms with Crippen molar-refractivity contribution >= 4 is 5.69 Å². The summed E-state index contributed by atoms with van der Waals surface area (Å²) in [6.07, 6.45) is 2.50. The monoisotopic (exact) mass is 262 g/mol. The van der Waals surface area contributed by atoms with Crippen LogP contribution in [0.3, 0.4) is 0 Å². The zero-order chi connectivity index (χ0) is 14.0. The van der Waals surface area contributed by atoms with Crippen LogP contribution in [0, 0.1) is 5.92 Å². The van der Waals surface area contributed by atoms with Gasteiger partial charge in [0.05, 0.1) is 7.11 Å². The number of rotatable bonds is 3. The van der Waals surface area contributed by atoms with Crippen molar-refractivity contribution in [3.63, 3.8) is 0 Å². The molecule has 19 heavy (non-hydrogen) atoms. The van der Waals surface area contributed by atoms with Gasteiger partial charge >= 0.3 is 0 Å². The molecule has 3 heteroatoms. The minimum atomic E-state index is -0.0160. The molecule has 0 saturated carbocycles. The van der Waals surface area contributed by atoms with Crippen molar-refractivity contribution in [2.24, 2.45) is 11.7 Å².